The molecule has 0 fully saturated rings. The lowest BCUT2D eigenvalue weighted by atomic mass is 10.3. The largest absolute Gasteiger partial charge is 0.422 e. The Hall–Kier alpha value is -1.52. The summed E-state index contributed by atoms with van der Waals surface area (Å²) in [7, 11) is 0. The number of aromatic nitrogens is 2. The molecule has 2 N–H and O–H groups in total. The zero-order chi connectivity index (χ0) is 11.5. The molecule has 4 nitrogen and oxygen atoms in total. The van der Waals surface area contributed by atoms with Crippen molar-refractivity contribution in [1.29, 1.82) is 0 Å². The van der Waals surface area contributed by atoms with E-state index in [1.54, 1.807) is 18.5 Å². The summed E-state index contributed by atoms with van der Waals surface area (Å²) in [4.78, 5) is 7.80. The number of rotatable bonds is 2. The number of anilines is 1. The number of hydrogen-bond donors (Lipinski definition) is 1. The third kappa shape index (κ3) is 2.35. The van der Waals surface area contributed by atoms with Crippen LogP contribution in [0.3, 0.4) is 0 Å². The number of nitrogens with zero attached hydrogens (tertiary/aromatic N) is 2. The van der Waals surface area contributed by atoms with Gasteiger partial charge in [0.1, 0.15) is 0 Å². The average Bonchev–Trinajstić information content (AvgIpc) is 2.27. The smallest absolute Gasteiger partial charge is 0.321 e. The number of halogens is 2. The first-order chi connectivity index (χ1) is 7.66. The monoisotopic (exact) mass is 255 g/mol. The minimum Gasteiger partial charge on any atom is -0.422 e. The highest BCUT2D eigenvalue weighted by Gasteiger charge is 2.08. The van der Waals surface area contributed by atoms with Crippen molar-refractivity contribution < 1.29 is 4.74 Å². The molecule has 2 aromatic rings. The molecule has 0 bridgehead atoms. The maximum absolute atomic E-state index is 5.84. The Labute approximate surface area is 102 Å². The molecule has 82 valence electrons. The van der Waals surface area contributed by atoms with E-state index < -0.39 is 0 Å². The maximum atomic E-state index is 5.84. The lowest BCUT2D eigenvalue weighted by Crippen LogP contribution is -1.95. The Morgan fingerprint density at radius 2 is 1.69 bits per heavy atom. The van der Waals surface area contributed by atoms with Gasteiger partial charge in [0, 0.05) is 18.5 Å². The molecule has 0 amide bonds. The van der Waals surface area contributed by atoms with Crippen molar-refractivity contribution in [3.8, 4) is 11.8 Å². The normalized spacial score (nSPS) is 10.1. The van der Waals surface area contributed by atoms with E-state index in [0.29, 0.717) is 21.5 Å². The van der Waals surface area contributed by atoms with Gasteiger partial charge in [0.2, 0.25) is 0 Å². The van der Waals surface area contributed by atoms with E-state index in [-0.39, 0.29) is 6.01 Å². The average molecular weight is 256 g/mol. The van der Waals surface area contributed by atoms with E-state index in [1.165, 1.54) is 12.1 Å². The van der Waals surface area contributed by atoms with E-state index in [2.05, 4.69) is 9.97 Å². The molecule has 0 spiro atoms. The van der Waals surface area contributed by atoms with Gasteiger partial charge >= 0.3 is 6.01 Å². The molecule has 0 saturated heterocycles. The van der Waals surface area contributed by atoms with Crippen LogP contribution in [-0.4, -0.2) is 9.97 Å². The predicted octanol–water partition coefficient (Wildman–Crippen LogP) is 3.16. The van der Waals surface area contributed by atoms with Gasteiger partial charge in [0.05, 0.1) is 15.7 Å². The lowest BCUT2D eigenvalue weighted by Gasteiger charge is -2.07. The molecule has 16 heavy (non-hydrogen) atoms. The van der Waals surface area contributed by atoms with Crippen molar-refractivity contribution in [3.63, 3.8) is 0 Å². The van der Waals surface area contributed by atoms with E-state index in [1.807, 2.05) is 0 Å². The maximum Gasteiger partial charge on any atom is 0.321 e. The summed E-state index contributed by atoms with van der Waals surface area (Å²) >= 11 is 11.6. The fraction of sp³-hybridized carbons (Fsp3) is 0. The van der Waals surface area contributed by atoms with Crippen LogP contribution in [0.5, 0.6) is 11.8 Å². The lowest BCUT2D eigenvalue weighted by molar-refractivity contribution is 0.444. The Bertz CT molecular complexity index is 505. The summed E-state index contributed by atoms with van der Waals surface area (Å²) in [6.07, 6.45) is 3.13. The van der Waals surface area contributed by atoms with Gasteiger partial charge in [0.25, 0.3) is 0 Å². The Kier molecular flexibility index (Phi) is 3.12. The van der Waals surface area contributed by atoms with Crippen molar-refractivity contribution in [3.05, 3.63) is 40.6 Å². The van der Waals surface area contributed by atoms with E-state index in [9.17, 15) is 0 Å². The highest BCUT2D eigenvalue weighted by Crippen LogP contribution is 2.33. The van der Waals surface area contributed by atoms with Crippen LogP contribution >= 0.6 is 23.2 Å². The van der Waals surface area contributed by atoms with E-state index in [0.717, 1.165) is 0 Å². The fourth-order valence-corrected chi connectivity index (χ4v) is 1.39. The first-order valence-electron chi connectivity index (χ1n) is 4.36. The van der Waals surface area contributed by atoms with Crippen LogP contribution in [-0.2, 0) is 0 Å². The van der Waals surface area contributed by atoms with Crippen molar-refractivity contribution in [1.82, 2.24) is 9.97 Å². The number of nitrogen functional groups attached to an aromatic ring is 1. The van der Waals surface area contributed by atoms with Crippen LogP contribution in [0, 0.1) is 0 Å². The van der Waals surface area contributed by atoms with Gasteiger partial charge in [-0.25, -0.2) is 9.97 Å². The SMILES string of the molecule is Nc1cc(Cl)c(Cl)cc1Oc1ncccn1. The van der Waals surface area contributed by atoms with Crippen LogP contribution in [0.25, 0.3) is 0 Å². The molecule has 0 aliphatic rings. The molecule has 1 aromatic heterocycles. The van der Waals surface area contributed by atoms with Crippen molar-refractivity contribution in [2.75, 3.05) is 5.73 Å². The van der Waals surface area contributed by atoms with Crippen molar-refractivity contribution >= 4 is 28.9 Å². The second kappa shape index (κ2) is 4.55. The van der Waals surface area contributed by atoms with Crippen molar-refractivity contribution in [2.24, 2.45) is 0 Å². The molecule has 0 aliphatic carbocycles. The van der Waals surface area contributed by atoms with Gasteiger partial charge in [-0.05, 0) is 12.1 Å². The topological polar surface area (TPSA) is 61.0 Å². The highest BCUT2D eigenvalue weighted by atomic mass is 35.5. The minimum atomic E-state index is 0.201. The van der Waals surface area contributed by atoms with E-state index in [4.69, 9.17) is 33.7 Å². The second-order valence-corrected chi connectivity index (χ2v) is 3.75. The molecule has 0 unspecified atom stereocenters. The van der Waals surface area contributed by atoms with Crippen molar-refractivity contribution in [2.45, 2.75) is 0 Å². The molecule has 0 atom stereocenters. The summed E-state index contributed by atoms with van der Waals surface area (Å²) in [6, 6.07) is 4.93. The van der Waals surface area contributed by atoms with Gasteiger partial charge in [-0.15, -0.1) is 0 Å². The van der Waals surface area contributed by atoms with Gasteiger partial charge in [0.15, 0.2) is 5.75 Å². The Balaban J connectivity index is 2.32. The zero-order valence-electron chi connectivity index (χ0n) is 8.02. The predicted molar refractivity (Wildman–Crippen MR) is 63.0 cm³/mol. The van der Waals surface area contributed by atoms with Gasteiger partial charge in [-0.3, -0.25) is 0 Å². The molecule has 0 radical (unpaired) electrons. The molecule has 1 aromatic carbocycles. The Morgan fingerprint density at radius 1 is 1.06 bits per heavy atom. The summed E-state index contributed by atoms with van der Waals surface area (Å²) in [5, 5.41) is 0.738. The number of ether oxygens (including phenoxy) is 1. The van der Waals surface area contributed by atoms with Crippen LogP contribution in [0.15, 0.2) is 30.6 Å². The molecule has 6 heteroatoms. The summed E-state index contributed by atoms with van der Waals surface area (Å²) in [5.41, 5.74) is 6.09. The molecular formula is C10H7Cl2N3O. The zero-order valence-corrected chi connectivity index (χ0v) is 9.53. The number of nitrogens with two attached hydrogens (primary N) is 1. The standard InChI is InChI=1S/C10H7Cl2N3O/c11-6-4-8(13)9(5-7(6)12)16-10-14-2-1-3-15-10/h1-5H,13H2. The number of hydrogen-bond acceptors (Lipinski definition) is 4. The first-order valence-corrected chi connectivity index (χ1v) is 5.12. The summed E-state index contributed by atoms with van der Waals surface area (Å²) in [6.45, 7) is 0. The quantitative estimate of drug-likeness (QED) is 0.838. The van der Waals surface area contributed by atoms with E-state index >= 15 is 0 Å². The van der Waals surface area contributed by atoms with Crippen LogP contribution < -0.4 is 10.5 Å². The molecular weight excluding hydrogens is 249 g/mol. The third-order valence-corrected chi connectivity index (χ3v) is 2.52. The molecule has 0 aliphatic heterocycles. The number of benzene rings is 1. The Morgan fingerprint density at radius 3 is 2.38 bits per heavy atom. The van der Waals surface area contributed by atoms with Crippen LogP contribution in [0.1, 0.15) is 0 Å². The van der Waals surface area contributed by atoms with Crippen LogP contribution in [0.2, 0.25) is 10.0 Å². The molecule has 0 saturated carbocycles. The highest BCUT2D eigenvalue weighted by molar-refractivity contribution is 6.42. The minimum absolute atomic E-state index is 0.201. The van der Waals surface area contributed by atoms with Crippen LogP contribution in [0.4, 0.5) is 5.69 Å². The fourth-order valence-electron chi connectivity index (χ4n) is 1.07. The van der Waals surface area contributed by atoms with Gasteiger partial charge in [-0.1, -0.05) is 23.2 Å². The summed E-state index contributed by atoms with van der Waals surface area (Å²) in [5.74, 6) is 0.376. The van der Waals surface area contributed by atoms with Gasteiger partial charge in [-0.2, -0.15) is 0 Å². The first kappa shape index (κ1) is 11.0. The molecule has 1 heterocycles. The second-order valence-electron chi connectivity index (χ2n) is 2.94. The molecule has 2 rings (SSSR count). The summed E-state index contributed by atoms with van der Waals surface area (Å²) < 4.78 is 5.35. The van der Waals surface area contributed by atoms with Gasteiger partial charge < -0.3 is 10.5 Å². The third-order valence-electron chi connectivity index (χ3n) is 1.80.